The molecule has 5 rings (SSSR count). The summed E-state index contributed by atoms with van der Waals surface area (Å²) in [6, 6.07) is 34.3. The van der Waals surface area contributed by atoms with Gasteiger partial charge in [0.2, 0.25) is 0 Å². The molecule has 0 spiro atoms. The standard InChI is InChI=1S/C29H25N5O/c30-26-15-14-25(23-11-5-2-6-12-23)19-27(26)31-29(35)28-20-34(33-32-28)17-16-21-8-7-13-24(18-21)22-9-3-1-4-10-22/h1-15,18-20H,16-17,30H2,(H,31,35). The van der Waals surface area contributed by atoms with Gasteiger partial charge in [-0.25, -0.2) is 0 Å². The number of nitrogen functional groups attached to an aromatic ring is 1. The Morgan fingerprint density at radius 3 is 2.14 bits per heavy atom. The molecule has 0 unspecified atom stereocenters. The van der Waals surface area contributed by atoms with Crippen molar-refractivity contribution in [1.29, 1.82) is 0 Å². The Labute approximate surface area is 204 Å². The van der Waals surface area contributed by atoms with Gasteiger partial charge in [0.25, 0.3) is 5.91 Å². The molecule has 0 aliphatic carbocycles. The van der Waals surface area contributed by atoms with Crippen LogP contribution < -0.4 is 11.1 Å². The molecule has 0 aliphatic rings. The third-order valence-corrected chi connectivity index (χ3v) is 5.84. The summed E-state index contributed by atoms with van der Waals surface area (Å²) in [6.45, 7) is 0.615. The van der Waals surface area contributed by atoms with Crippen LogP contribution in [0.25, 0.3) is 22.3 Å². The minimum atomic E-state index is -0.348. The predicted octanol–water partition coefficient (Wildman–Crippen LogP) is 5.69. The maximum atomic E-state index is 12.8. The molecular weight excluding hydrogens is 434 g/mol. The molecule has 4 aromatic carbocycles. The summed E-state index contributed by atoms with van der Waals surface area (Å²) in [5.74, 6) is -0.348. The number of aryl methyl sites for hydroxylation is 2. The highest BCUT2D eigenvalue weighted by Crippen LogP contribution is 2.27. The molecule has 0 saturated heterocycles. The second-order valence-electron chi connectivity index (χ2n) is 8.31. The Bertz CT molecular complexity index is 1440. The molecule has 1 heterocycles. The lowest BCUT2D eigenvalue weighted by Crippen LogP contribution is -2.14. The number of rotatable bonds is 7. The van der Waals surface area contributed by atoms with Gasteiger partial charge in [0.1, 0.15) is 0 Å². The normalized spacial score (nSPS) is 10.7. The monoisotopic (exact) mass is 459 g/mol. The van der Waals surface area contributed by atoms with Gasteiger partial charge >= 0.3 is 0 Å². The van der Waals surface area contributed by atoms with Crippen LogP contribution in [0.15, 0.2) is 109 Å². The number of nitrogens with two attached hydrogens (primary N) is 1. The van der Waals surface area contributed by atoms with Gasteiger partial charge in [0.15, 0.2) is 5.69 Å². The van der Waals surface area contributed by atoms with Gasteiger partial charge in [-0.1, -0.05) is 96.2 Å². The first-order valence-electron chi connectivity index (χ1n) is 11.5. The number of benzene rings is 4. The van der Waals surface area contributed by atoms with Gasteiger partial charge in [-0.2, -0.15) is 0 Å². The first-order valence-corrected chi connectivity index (χ1v) is 11.5. The second-order valence-corrected chi connectivity index (χ2v) is 8.31. The van der Waals surface area contributed by atoms with Gasteiger partial charge < -0.3 is 11.1 Å². The average molecular weight is 460 g/mol. The third-order valence-electron chi connectivity index (χ3n) is 5.84. The van der Waals surface area contributed by atoms with Gasteiger partial charge in [0, 0.05) is 6.54 Å². The van der Waals surface area contributed by atoms with Crippen molar-refractivity contribution in [1.82, 2.24) is 15.0 Å². The highest BCUT2D eigenvalue weighted by molar-refractivity contribution is 6.04. The number of hydrogen-bond acceptors (Lipinski definition) is 4. The van der Waals surface area contributed by atoms with E-state index in [-0.39, 0.29) is 11.6 Å². The zero-order valence-corrected chi connectivity index (χ0v) is 19.1. The molecule has 0 aliphatic heterocycles. The summed E-state index contributed by atoms with van der Waals surface area (Å²) in [6.07, 6.45) is 2.44. The third kappa shape index (κ3) is 5.28. The van der Waals surface area contributed by atoms with Gasteiger partial charge in [-0.15, -0.1) is 5.10 Å². The first-order chi connectivity index (χ1) is 17.2. The Morgan fingerprint density at radius 1 is 0.771 bits per heavy atom. The maximum Gasteiger partial charge on any atom is 0.277 e. The van der Waals surface area contributed by atoms with E-state index >= 15 is 0 Å². The lowest BCUT2D eigenvalue weighted by Gasteiger charge is -2.10. The van der Waals surface area contributed by atoms with Crippen molar-refractivity contribution in [3.05, 3.63) is 121 Å². The minimum absolute atomic E-state index is 0.243. The molecule has 172 valence electrons. The Kier molecular flexibility index (Phi) is 6.35. The lowest BCUT2D eigenvalue weighted by molar-refractivity contribution is 0.102. The van der Waals surface area contributed by atoms with Crippen LogP contribution in [-0.4, -0.2) is 20.9 Å². The van der Waals surface area contributed by atoms with E-state index in [1.807, 2.05) is 60.7 Å². The topological polar surface area (TPSA) is 85.8 Å². The van der Waals surface area contributed by atoms with Crippen molar-refractivity contribution in [3.63, 3.8) is 0 Å². The molecule has 0 bridgehead atoms. The Hall–Kier alpha value is -4.71. The molecule has 6 heteroatoms. The van der Waals surface area contributed by atoms with Crippen LogP contribution in [0.2, 0.25) is 0 Å². The fourth-order valence-electron chi connectivity index (χ4n) is 3.95. The van der Waals surface area contributed by atoms with Gasteiger partial charge in [-0.3, -0.25) is 9.48 Å². The van der Waals surface area contributed by atoms with Crippen LogP contribution in [0.3, 0.4) is 0 Å². The van der Waals surface area contributed by atoms with Crippen molar-refractivity contribution in [2.45, 2.75) is 13.0 Å². The predicted molar refractivity (Wildman–Crippen MR) is 140 cm³/mol. The lowest BCUT2D eigenvalue weighted by atomic mass is 10.0. The van der Waals surface area contributed by atoms with E-state index in [0.29, 0.717) is 17.9 Å². The number of amides is 1. The minimum Gasteiger partial charge on any atom is -0.397 e. The summed E-state index contributed by atoms with van der Waals surface area (Å²) >= 11 is 0. The number of nitrogens with one attached hydrogen (secondary N) is 1. The number of carbonyl (C=O) groups is 1. The van der Waals surface area contributed by atoms with E-state index in [0.717, 1.165) is 17.5 Å². The van der Waals surface area contributed by atoms with E-state index in [1.165, 1.54) is 16.7 Å². The number of anilines is 2. The summed E-state index contributed by atoms with van der Waals surface area (Å²) < 4.78 is 1.69. The van der Waals surface area contributed by atoms with E-state index in [9.17, 15) is 4.79 Å². The van der Waals surface area contributed by atoms with Crippen LogP contribution in [0.1, 0.15) is 16.1 Å². The van der Waals surface area contributed by atoms with Gasteiger partial charge in [0.05, 0.1) is 17.6 Å². The van der Waals surface area contributed by atoms with Crippen molar-refractivity contribution in [2.75, 3.05) is 11.1 Å². The molecule has 0 saturated carbocycles. The molecule has 1 aromatic heterocycles. The molecule has 6 nitrogen and oxygen atoms in total. The number of carbonyl (C=O) groups excluding carboxylic acids is 1. The molecule has 3 N–H and O–H groups in total. The van der Waals surface area contributed by atoms with Crippen molar-refractivity contribution >= 4 is 17.3 Å². The fraction of sp³-hybridized carbons (Fsp3) is 0.0690. The number of hydrogen-bond donors (Lipinski definition) is 2. The molecule has 1 amide bonds. The van der Waals surface area contributed by atoms with Crippen molar-refractivity contribution in [3.8, 4) is 22.3 Å². The van der Waals surface area contributed by atoms with E-state index in [4.69, 9.17) is 5.73 Å². The zero-order chi connectivity index (χ0) is 24.0. The quantitative estimate of drug-likeness (QED) is 0.306. The average Bonchev–Trinajstić information content (AvgIpc) is 3.39. The van der Waals surface area contributed by atoms with Crippen LogP contribution in [-0.2, 0) is 13.0 Å². The number of aromatic nitrogens is 3. The highest BCUT2D eigenvalue weighted by atomic mass is 16.2. The van der Waals surface area contributed by atoms with Crippen LogP contribution in [0.5, 0.6) is 0 Å². The largest absolute Gasteiger partial charge is 0.397 e. The Morgan fingerprint density at radius 2 is 1.43 bits per heavy atom. The molecule has 5 aromatic rings. The van der Waals surface area contributed by atoms with Gasteiger partial charge in [-0.05, 0) is 46.4 Å². The summed E-state index contributed by atoms with van der Waals surface area (Å²) in [5.41, 5.74) is 13.0. The van der Waals surface area contributed by atoms with E-state index in [2.05, 4.69) is 52.0 Å². The molecule has 0 fully saturated rings. The Balaban J connectivity index is 1.25. The summed E-state index contributed by atoms with van der Waals surface area (Å²) in [7, 11) is 0. The summed E-state index contributed by atoms with van der Waals surface area (Å²) in [4.78, 5) is 12.8. The SMILES string of the molecule is Nc1ccc(-c2ccccc2)cc1NC(=O)c1cn(CCc2cccc(-c3ccccc3)c2)nn1. The second kappa shape index (κ2) is 10.1. The molecule has 0 radical (unpaired) electrons. The fourth-order valence-corrected chi connectivity index (χ4v) is 3.95. The van der Waals surface area contributed by atoms with Crippen molar-refractivity contribution < 1.29 is 4.79 Å². The first kappa shape index (κ1) is 22.1. The van der Waals surface area contributed by atoms with Crippen LogP contribution in [0, 0.1) is 0 Å². The van der Waals surface area contributed by atoms with E-state index in [1.54, 1.807) is 16.9 Å². The number of nitrogens with zero attached hydrogens (tertiary/aromatic N) is 3. The van der Waals surface area contributed by atoms with Crippen LogP contribution in [0.4, 0.5) is 11.4 Å². The smallest absolute Gasteiger partial charge is 0.277 e. The molecular formula is C29H25N5O. The maximum absolute atomic E-state index is 12.8. The molecule has 0 atom stereocenters. The highest BCUT2D eigenvalue weighted by Gasteiger charge is 2.13. The van der Waals surface area contributed by atoms with Crippen LogP contribution >= 0.6 is 0 Å². The zero-order valence-electron chi connectivity index (χ0n) is 19.1. The molecule has 35 heavy (non-hydrogen) atoms. The van der Waals surface area contributed by atoms with E-state index < -0.39 is 0 Å². The van der Waals surface area contributed by atoms with Crippen molar-refractivity contribution in [2.24, 2.45) is 0 Å². The summed E-state index contributed by atoms with van der Waals surface area (Å²) in [5, 5.41) is 11.1.